The van der Waals surface area contributed by atoms with Crippen LogP contribution in [0.3, 0.4) is 0 Å². The lowest BCUT2D eigenvalue weighted by Gasteiger charge is -2.38. The molecular formula is C12H18N2OS. The molecule has 3 nitrogen and oxygen atoms in total. The molecule has 16 heavy (non-hydrogen) atoms. The van der Waals surface area contributed by atoms with E-state index in [1.165, 1.54) is 11.3 Å². The van der Waals surface area contributed by atoms with Crippen molar-refractivity contribution >= 4 is 11.3 Å². The summed E-state index contributed by atoms with van der Waals surface area (Å²) in [4.78, 5) is 4.12. The van der Waals surface area contributed by atoms with Crippen molar-refractivity contribution in [1.82, 2.24) is 10.2 Å². The molecule has 2 fully saturated rings. The van der Waals surface area contributed by atoms with Crippen LogP contribution in [-0.4, -0.2) is 43.8 Å². The van der Waals surface area contributed by atoms with Crippen molar-refractivity contribution < 1.29 is 4.74 Å². The third-order valence-corrected chi connectivity index (χ3v) is 4.51. The van der Waals surface area contributed by atoms with E-state index in [1.807, 2.05) is 11.3 Å². The van der Waals surface area contributed by atoms with Gasteiger partial charge in [0.15, 0.2) is 0 Å². The third-order valence-electron chi connectivity index (χ3n) is 3.54. The van der Waals surface area contributed by atoms with Crippen molar-refractivity contribution in [3.05, 3.63) is 22.4 Å². The van der Waals surface area contributed by atoms with Crippen LogP contribution in [0.2, 0.25) is 0 Å². The lowest BCUT2D eigenvalue weighted by molar-refractivity contribution is -0.0243. The van der Waals surface area contributed by atoms with Crippen LogP contribution >= 0.6 is 11.3 Å². The first-order chi connectivity index (χ1) is 7.95. The van der Waals surface area contributed by atoms with Crippen LogP contribution in [0.15, 0.2) is 17.5 Å². The van der Waals surface area contributed by atoms with Gasteiger partial charge in [0, 0.05) is 24.0 Å². The normalized spacial score (nSPS) is 32.0. The average molecular weight is 238 g/mol. The molecule has 2 unspecified atom stereocenters. The summed E-state index contributed by atoms with van der Waals surface area (Å²) in [6, 6.07) is 5.57. The van der Waals surface area contributed by atoms with Gasteiger partial charge in [0.25, 0.3) is 0 Å². The van der Waals surface area contributed by atoms with Crippen LogP contribution in [0.5, 0.6) is 0 Å². The number of ether oxygens (including phenoxy) is 1. The van der Waals surface area contributed by atoms with E-state index in [2.05, 4.69) is 27.7 Å². The zero-order chi connectivity index (χ0) is 10.8. The summed E-state index contributed by atoms with van der Waals surface area (Å²) < 4.78 is 5.59. The van der Waals surface area contributed by atoms with E-state index in [1.54, 1.807) is 0 Å². The molecule has 2 saturated heterocycles. The Morgan fingerprint density at radius 2 is 2.50 bits per heavy atom. The van der Waals surface area contributed by atoms with E-state index in [-0.39, 0.29) is 0 Å². The fourth-order valence-electron chi connectivity index (χ4n) is 2.70. The molecule has 0 saturated carbocycles. The van der Waals surface area contributed by atoms with E-state index >= 15 is 0 Å². The number of nitrogens with zero attached hydrogens (tertiary/aromatic N) is 1. The Morgan fingerprint density at radius 1 is 1.50 bits per heavy atom. The maximum absolute atomic E-state index is 5.59. The molecule has 2 atom stereocenters. The van der Waals surface area contributed by atoms with Crippen LogP contribution < -0.4 is 5.32 Å². The minimum absolute atomic E-state index is 0.552. The van der Waals surface area contributed by atoms with E-state index in [0.29, 0.717) is 12.1 Å². The van der Waals surface area contributed by atoms with Crippen LogP contribution in [0.4, 0.5) is 0 Å². The highest BCUT2D eigenvalue weighted by Crippen LogP contribution is 2.29. The summed E-state index contributed by atoms with van der Waals surface area (Å²) in [5.41, 5.74) is 0. The van der Waals surface area contributed by atoms with E-state index < -0.39 is 0 Å². The molecule has 3 rings (SSSR count). The number of morpholine rings is 1. The second kappa shape index (κ2) is 4.84. The van der Waals surface area contributed by atoms with E-state index in [0.717, 1.165) is 32.8 Å². The molecule has 1 aromatic rings. The number of hydrogen-bond acceptors (Lipinski definition) is 4. The van der Waals surface area contributed by atoms with Crippen molar-refractivity contribution in [3.63, 3.8) is 0 Å². The number of hydrogen-bond donors (Lipinski definition) is 1. The monoisotopic (exact) mass is 238 g/mol. The molecule has 3 heterocycles. The van der Waals surface area contributed by atoms with E-state index in [9.17, 15) is 0 Å². The fourth-order valence-corrected chi connectivity index (χ4v) is 3.54. The van der Waals surface area contributed by atoms with E-state index in [4.69, 9.17) is 4.74 Å². The second-order valence-corrected chi connectivity index (χ2v) is 5.47. The Bertz CT molecular complexity index is 328. The topological polar surface area (TPSA) is 24.5 Å². The Kier molecular flexibility index (Phi) is 3.24. The molecule has 0 amide bonds. The summed E-state index contributed by atoms with van der Waals surface area (Å²) in [6.45, 7) is 5.07. The van der Waals surface area contributed by atoms with Crippen molar-refractivity contribution in [2.75, 3.05) is 32.8 Å². The van der Waals surface area contributed by atoms with Crippen molar-refractivity contribution in [2.45, 2.75) is 18.5 Å². The minimum Gasteiger partial charge on any atom is -0.378 e. The van der Waals surface area contributed by atoms with Gasteiger partial charge in [-0.15, -0.1) is 11.3 Å². The largest absolute Gasteiger partial charge is 0.378 e. The molecule has 0 radical (unpaired) electrons. The van der Waals surface area contributed by atoms with Gasteiger partial charge >= 0.3 is 0 Å². The van der Waals surface area contributed by atoms with Crippen LogP contribution in [-0.2, 0) is 4.74 Å². The van der Waals surface area contributed by atoms with Gasteiger partial charge in [-0.1, -0.05) is 6.07 Å². The summed E-state index contributed by atoms with van der Waals surface area (Å²) >= 11 is 1.87. The van der Waals surface area contributed by atoms with Gasteiger partial charge in [-0.2, -0.15) is 0 Å². The molecule has 1 N–H and O–H groups in total. The Morgan fingerprint density at radius 3 is 3.38 bits per heavy atom. The van der Waals surface area contributed by atoms with Crippen molar-refractivity contribution in [1.29, 1.82) is 0 Å². The first-order valence-corrected chi connectivity index (χ1v) is 6.91. The molecule has 88 valence electrons. The Hall–Kier alpha value is -0.420. The molecule has 4 heteroatoms. The summed E-state index contributed by atoms with van der Waals surface area (Å²) in [6.07, 6.45) is 1.21. The number of thiophene rings is 1. The molecule has 2 aliphatic heterocycles. The zero-order valence-corrected chi connectivity index (χ0v) is 10.2. The predicted octanol–water partition coefficient (Wildman–Crippen LogP) is 1.48. The van der Waals surface area contributed by atoms with Crippen molar-refractivity contribution in [3.8, 4) is 0 Å². The molecule has 1 aromatic heterocycles. The van der Waals surface area contributed by atoms with Crippen LogP contribution in [0.25, 0.3) is 0 Å². The zero-order valence-electron chi connectivity index (χ0n) is 9.39. The first-order valence-electron chi connectivity index (χ1n) is 6.03. The lowest BCUT2D eigenvalue weighted by Crippen LogP contribution is -2.47. The second-order valence-electron chi connectivity index (χ2n) is 4.49. The maximum Gasteiger partial charge on any atom is 0.0623 e. The van der Waals surface area contributed by atoms with Crippen molar-refractivity contribution in [2.24, 2.45) is 0 Å². The predicted molar refractivity (Wildman–Crippen MR) is 65.9 cm³/mol. The van der Waals surface area contributed by atoms with Crippen LogP contribution in [0, 0.1) is 0 Å². The highest BCUT2D eigenvalue weighted by molar-refractivity contribution is 7.10. The van der Waals surface area contributed by atoms with Gasteiger partial charge in [0.2, 0.25) is 0 Å². The van der Waals surface area contributed by atoms with Crippen LogP contribution in [0.1, 0.15) is 17.3 Å². The summed E-state index contributed by atoms with van der Waals surface area (Å²) in [5, 5.41) is 5.73. The highest BCUT2D eigenvalue weighted by atomic mass is 32.1. The molecule has 2 aliphatic rings. The quantitative estimate of drug-likeness (QED) is 0.802. The minimum atomic E-state index is 0.552. The van der Waals surface area contributed by atoms with Gasteiger partial charge in [-0.3, -0.25) is 4.90 Å². The van der Waals surface area contributed by atoms with Gasteiger partial charge < -0.3 is 10.1 Å². The lowest BCUT2D eigenvalue weighted by atomic mass is 10.1. The molecule has 0 spiro atoms. The average Bonchev–Trinajstić information content (AvgIpc) is 2.76. The molecular weight excluding hydrogens is 220 g/mol. The summed E-state index contributed by atoms with van der Waals surface area (Å²) in [5.74, 6) is 0. The van der Waals surface area contributed by atoms with Gasteiger partial charge in [-0.05, 0) is 24.4 Å². The first kappa shape index (κ1) is 10.7. The standard InChI is InChI=1S/C12H18N2OS/c1-2-12(16-7-1)11-8-13-4-3-10-9-15-6-5-14(10)11/h1-2,7,10-11,13H,3-6,8-9H2. The molecule has 0 bridgehead atoms. The summed E-state index contributed by atoms with van der Waals surface area (Å²) in [7, 11) is 0. The molecule has 0 aliphatic carbocycles. The smallest absolute Gasteiger partial charge is 0.0623 e. The fraction of sp³-hybridized carbons (Fsp3) is 0.667. The number of nitrogens with one attached hydrogen (secondary N) is 1. The third kappa shape index (κ3) is 2.02. The highest BCUT2D eigenvalue weighted by Gasteiger charge is 2.32. The Balaban J connectivity index is 1.84. The SMILES string of the molecule is c1csc(C2CNCCC3COCCN32)c1. The molecule has 0 aromatic carbocycles. The maximum atomic E-state index is 5.59. The Labute approximate surface area is 100 Å². The van der Waals surface area contributed by atoms with Gasteiger partial charge in [0.05, 0.1) is 19.3 Å². The van der Waals surface area contributed by atoms with Gasteiger partial charge in [0.1, 0.15) is 0 Å². The number of rotatable bonds is 1. The number of fused-ring (bicyclic) bond motifs is 1. The van der Waals surface area contributed by atoms with Gasteiger partial charge in [-0.25, -0.2) is 0 Å².